The highest BCUT2D eigenvalue weighted by atomic mass is 35.5. The third-order valence-corrected chi connectivity index (χ3v) is 4.26. The van der Waals surface area contributed by atoms with E-state index in [0.717, 1.165) is 12.3 Å². The van der Waals surface area contributed by atoms with Crippen LogP contribution in [0.5, 0.6) is 0 Å². The molecule has 8 heteroatoms. The van der Waals surface area contributed by atoms with Gasteiger partial charge in [-0.25, -0.2) is 12.8 Å². The van der Waals surface area contributed by atoms with E-state index in [4.69, 9.17) is 11.6 Å². The van der Waals surface area contributed by atoms with Crippen LogP contribution in [0.25, 0.3) is 0 Å². The first-order valence-electron chi connectivity index (χ1n) is 6.54. The molecule has 0 aliphatic heterocycles. The Morgan fingerprint density at radius 2 is 1.96 bits per heavy atom. The van der Waals surface area contributed by atoms with E-state index < -0.39 is 21.6 Å². The molecule has 0 aliphatic carbocycles. The molecule has 2 rings (SSSR count). The Morgan fingerprint density at radius 3 is 2.65 bits per heavy atom. The van der Waals surface area contributed by atoms with Crippen molar-refractivity contribution in [3.8, 4) is 0 Å². The van der Waals surface area contributed by atoms with Crippen LogP contribution in [0.15, 0.2) is 47.4 Å². The second-order valence-electron chi connectivity index (χ2n) is 4.83. The highest BCUT2D eigenvalue weighted by molar-refractivity contribution is 7.90. The summed E-state index contributed by atoms with van der Waals surface area (Å²) in [4.78, 5) is 12.0. The Balaban J connectivity index is 2.01. The van der Waals surface area contributed by atoms with Crippen LogP contribution in [0, 0.1) is 5.82 Å². The molecule has 0 aliphatic rings. The predicted octanol–water partition coefficient (Wildman–Crippen LogP) is 2.93. The van der Waals surface area contributed by atoms with Gasteiger partial charge in [-0.2, -0.15) is 0 Å². The Labute approximate surface area is 138 Å². The summed E-state index contributed by atoms with van der Waals surface area (Å²) in [6.45, 7) is -0.154. The van der Waals surface area contributed by atoms with Gasteiger partial charge >= 0.3 is 0 Å². The van der Waals surface area contributed by atoms with E-state index in [1.165, 1.54) is 24.3 Å². The molecule has 0 spiro atoms. The smallest absolute Gasteiger partial charge is 0.243 e. The lowest BCUT2D eigenvalue weighted by molar-refractivity contribution is -0.114. The van der Waals surface area contributed by atoms with Crippen molar-refractivity contribution >= 4 is 38.7 Å². The topological polar surface area (TPSA) is 75.3 Å². The van der Waals surface area contributed by atoms with E-state index in [2.05, 4.69) is 10.6 Å². The number of carbonyl (C=O) groups is 1. The summed E-state index contributed by atoms with van der Waals surface area (Å²) < 4.78 is 36.5. The highest BCUT2D eigenvalue weighted by Gasteiger charge is 2.10. The maximum atomic E-state index is 13.5. The number of anilines is 2. The van der Waals surface area contributed by atoms with Crippen molar-refractivity contribution in [1.29, 1.82) is 0 Å². The van der Waals surface area contributed by atoms with E-state index in [1.807, 2.05) is 0 Å². The number of hydrogen-bond donors (Lipinski definition) is 2. The van der Waals surface area contributed by atoms with Gasteiger partial charge in [0.2, 0.25) is 5.91 Å². The average molecular weight is 357 g/mol. The minimum absolute atomic E-state index is 0.0193. The molecule has 2 aromatic rings. The van der Waals surface area contributed by atoms with Crippen LogP contribution in [-0.2, 0) is 14.6 Å². The number of benzene rings is 2. The van der Waals surface area contributed by atoms with E-state index in [0.29, 0.717) is 10.7 Å². The van der Waals surface area contributed by atoms with Crippen molar-refractivity contribution < 1.29 is 17.6 Å². The first kappa shape index (κ1) is 17.2. The molecule has 23 heavy (non-hydrogen) atoms. The molecule has 122 valence electrons. The summed E-state index contributed by atoms with van der Waals surface area (Å²) in [6, 6.07) is 9.90. The van der Waals surface area contributed by atoms with Crippen LogP contribution >= 0.6 is 11.6 Å². The summed E-state index contributed by atoms with van der Waals surface area (Å²) in [5.74, 6) is -1.09. The van der Waals surface area contributed by atoms with Gasteiger partial charge in [-0.15, -0.1) is 0 Å². The number of hydrogen-bond acceptors (Lipinski definition) is 4. The molecule has 0 saturated heterocycles. The quantitative estimate of drug-likeness (QED) is 0.863. The Morgan fingerprint density at radius 1 is 1.22 bits per heavy atom. The van der Waals surface area contributed by atoms with Crippen LogP contribution < -0.4 is 10.6 Å². The lowest BCUT2D eigenvalue weighted by atomic mass is 10.3. The van der Waals surface area contributed by atoms with Crippen molar-refractivity contribution in [1.82, 2.24) is 0 Å². The molecule has 5 nitrogen and oxygen atoms in total. The summed E-state index contributed by atoms with van der Waals surface area (Å²) >= 11 is 5.74. The molecular weight excluding hydrogens is 343 g/mol. The monoisotopic (exact) mass is 356 g/mol. The molecule has 0 bridgehead atoms. The summed E-state index contributed by atoms with van der Waals surface area (Å²) in [5, 5.41) is 5.47. The van der Waals surface area contributed by atoms with Gasteiger partial charge in [0.15, 0.2) is 9.84 Å². The molecule has 2 N–H and O–H groups in total. The van der Waals surface area contributed by atoms with Crippen molar-refractivity contribution in [2.24, 2.45) is 0 Å². The summed E-state index contributed by atoms with van der Waals surface area (Å²) in [5.41, 5.74) is 0.448. The summed E-state index contributed by atoms with van der Waals surface area (Å²) in [7, 11) is -3.33. The largest absolute Gasteiger partial charge is 0.376 e. The van der Waals surface area contributed by atoms with E-state index in [9.17, 15) is 17.6 Å². The van der Waals surface area contributed by atoms with Gasteiger partial charge in [-0.1, -0.05) is 17.7 Å². The summed E-state index contributed by atoms with van der Waals surface area (Å²) in [6.07, 6.45) is 1.10. The fourth-order valence-electron chi connectivity index (χ4n) is 1.81. The van der Waals surface area contributed by atoms with Crippen LogP contribution in [-0.4, -0.2) is 27.1 Å². The number of rotatable bonds is 5. The number of amides is 1. The highest BCUT2D eigenvalue weighted by Crippen LogP contribution is 2.19. The zero-order chi connectivity index (χ0) is 17.0. The molecule has 2 aromatic carbocycles. The van der Waals surface area contributed by atoms with Crippen molar-refractivity contribution in [3.05, 3.63) is 53.3 Å². The maximum Gasteiger partial charge on any atom is 0.243 e. The lowest BCUT2D eigenvalue weighted by Crippen LogP contribution is -2.22. The first-order valence-corrected chi connectivity index (χ1v) is 8.81. The van der Waals surface area contributed by atoms with Gasteiger partial charge in [0.1, 0.15) is 5.82 Å². The zero-order valence-corrected chi connectivity index (χ0v) is 13.7. The second kappa shape index (κ2) is 6.97. The minimum atomic E-state index is -3.33. The van der Waals surface area contributed by atoms with E-state index in [-0.39, 0.29) is 17.1 Å². The van der Waals surface area contributed by atoms with Gasteiger partial charge < -0.3 is 10.6 Å². The average Bonchev–Trinajstić information content (AvgIpc) is 2.48. The fourth-order valence-corrected chi connectivity index (χ4v) is 2.65. The molecule has 0 atom stereocenters. The minimum Gasteiger partial charge on any atom is -0.376 e. The molecule has 0 saturated carbocycles. The number of nitrogens with one attached hydrogen (secondary N) is 2. The first-order chi connectivity index (χ1) is 10.8. The number of halogens is 2. The van der Waals surface area contributed by atoms with Crippen molar-refractivity contribution in [2.75, 3.05) is 23.4 Å². The van der Waals surface area contributed by atoms with Crippen LogP contribution in [0.1, 0.15) is 0 Å². The molecule has 0 radical (unpaired) electrons. The van der Waals surface area contributed by atoms with Crippen molar-refractivity contribution in [3.63, 3.8) is 0 Å². The Bertz CT molecular complexity index is 840. The second-order valence-corrected chi connectivity index (χ2v) is 7.28. The normalized spacial score (nSPS) is 11.1. The SMILES string of the molecule is CS(=O)(=O)c1cccc(NCC(=O)Nc2cc(Cl)ccc2F)c1. The van der Waals surface area contributed by atoms with Gasteiger partial charge in [0, 0.05) is 17.0 Å². The number of sulfone groups is 1. The molecule has 0 fully saturated rings. The molecule has 0 unspecified atom stereocenters. The van der Waals surface area contributed by atoms with Gasteiger partial charge in [0.25, 0.3) is 0 Å². The van der Waals surface area contributed by atoms with Crippen LogP contribution in [0.2, 0.25) is 5.02 Å². The zero-order valence-electron chi connectivity index (χ0n) is 12.1. The Hall–Kier alpha value is -2.12. The third kappa shape index (κ3) is 4.94. The molecule has 0 heterocycles. The van der Waals surface area contributed by atoms with Gasteiger partial charge in [-0.05, 0) is 36.4 Å². The fraction of sp³-hybridized carbons (Fsp3) is 0.133. The Kier molecular flexibility index (Phi) is 5.23. The number of carbonyl (C=O) groups excluding carboxylic acids is 1. The standard InChI is InChI=1S/C15H14ClFN2O3S/c1-23(21,22)12-4-2-3-11(8-12)18-9-15(20)19-14-7-10(16)5-6-13(14)17/h2-8,18H,9H2,1H3,(H,19,20). The van der Waals surface area contributed by atoms with E-state index >= 15 is 0 Å². The predicted molar refractivity (Wildman–Crippen MR) is 88.1 cm³/mol. The van der Waals surface area contributed by atoms with Crippen LogP contribution in [0.3, 0.4) is 0 Å². The lowest BCUT2D eigenvalue weighted by Gasteiger charge is -2.09. The molecule has 1 amide bonds. The van der Waals surface area contributed by atoms with Gasteiger partial charge in [0.05, 0.1) is 17.1 Å². The third-order valence-electron chi connectivity index (χ3n) is 2.92. The van der Waals surface area contributed by atoms with Gasteiger partial charge in [-0.3, -0.25) is 4.79 Å². The molecule has 0 aromatic heterocycles. The van der Waals surface area contributed by atoms with Crippen molar-refractivity contribution in [2.45, 2.75) is 4.90 Å². The van der Waals surface area contributed by atoms with Crippen LogP contribution in [0.4, 0.5) is 15.8 Å². The van der Waals surface area contributed by atoms with E-state index in [1.54, 1.807) is 12.1 Å². The maximum absolute atomic E-state index is 13.5. The molecular formula is C15H14ClFN2O3S.